The average molecular weight is 759 g/mol. The van der Waals surface area contributed by atoms with Gasteiger partial charge in [-0.2, -0.15) is 0 Å². The van der Waals surface area contributed by atoms with E-state index in [2.05, 4.69) is 231 Å². The van der Waals surface area contributed by atoms with Gasteiger partial charge in [-0.15, -0.1) is 0 Å². The smallest absolute Gasteiger partial charge is 0.00928 e. The third-order valence-electron chi connectivity index (χ3n) is 12.6. The standard InChI is InChI=1S/C60H38/c1-2-14-41(15-3-1)57-35-44-18-8-9-19-45(44)36-58(57)49-27-29-56-53-28-26-47(34-50(53)38-59(60(56)37-49)48-25-23-40-13-5-7-17-43(40)33-48)52-31-30-51(54-20-10-11-21-55(52)54)46-24-22-39-12-4-6-16-42(39)32-46/h1-38H. The van der Waals surface area contributed by atoms with Crippen LogP contribution in [-0.4, -0.2) is 0 Å². The molecule has 0 heterocycles. The number of benzene rings is 12. The van der Waals surface area contributed by atoms with E-state index < -0.39 is 0 Å². The van der Waals surface area contributed by atoms with Crippen molar-refractivity contribution in [3.8, 4) is 55.6 Å². The molecular formula is C60H38. The molecule has 278 valence electrons. The van der Waals surface area contributed by atoms with Crippen molar-refractivity contribution >= 4 is 64.6 Å². The van der Waals surface area contributed by atoms with E-state index >= 15 is 0 Å². The summed E-state index contributed by atoms with van der Waals surface area (Å²) >= 11 is 0. The van der Waals surface area contributed by atoms with E-state index in [9.17, 15) is 0 Å². The summed E-state index contributed by atoms with van der Waals surface area (Å²) in [6.45, 7) is 0. The number of hydrogen-bond acceptors (Lipinski definition) is 0. The van der Waals surface area contributed by atoms with Crippen molar-refractivity contribution in [2.45, 2.75) is 0 Å². The molecule has 0 saturated heterocycles. The molecule has 12 aromatic carbocycles. The van der Waals surface area contributed by atoms with Crippen LogP contribution in [0.25, 0.3) is 120 Å². The molecule has 0 unspecified atom stereocenters. The van der Waals surface area contributed by atoms with Crippen molar-refractivity contribution < 1.29 is 0 Å². The highest BCUT2D eigenvalue weighted by atomic mass is 14.2. The lowest BCUT2D eigenvalue weighted by Gasteiger charge is -2.17. The van der Waals surface area contributed by atoms with Gasteiger partial charge in [0.1, 0.15) is 0 Å². The molecule has 0 spiro atoms. The summed E-state index contributed by atoms with van der Waals surface area (Å²) in [6, 6.07) is 85.4. The quantitative estimate of drug-likeness (QED) is 0.153. The molecule has 0 amide bonds. The minimum Gasteiger partial charge on any atom is -0.0622 e. The van der Waals surface area contributed by atoms with Crippen LogP contribution in [0.1, 0.15) is 0 Å². The average Bonchev–Trinajstić information content (AvgIpc) is 3.32. The fourth-order valence-corrected chi connectivity index (χ4v) is 9.59. The second kappa shape index (κ2) is 13.9. The minimum atomic E-state index is 1.21. The van der Waals surface area contributed by atoms with Crippen molar-refractivity contribution in [3.05, 3.63) is 231 Å². The lowest BCUT2D eigenvalue weighted by molar-refractivity contribution is 1.62. The molecule has 12 aromatic rings. The maximum Gasteiger partial charge on any atom is -0.00928 e. The second-order valence-electron chi connectivity index (χ2n) is 16.1. The fourth-order valence-electron chi connectivity index (χ4n) is 9.59. The summed E-state index contributed by atoms with van der Waals surface area (Å²) < 4.78 is 0. The lowest BCUT2D eigenvalue weighted by Crippen LogP contribution is -1.90. The van der Waals surface area contributed by atoms with Crippen LogP contribution in [0, 0.1) is 0 Å². The Bertz CT molecular complexity index is 3650. The van der Waals surface area contributed by atoms with Crippen LogP contribution in [0.4, 0.5) is 0 Å². The molecule has 0 aliphatic carbocycles. The molecule has 0 fully saturated rings. The van der Waals surface area contributed by atoms with E-state index in [1.165, 1.54) is 120 Å². The Kier molecular flexibility index (Phi) is 7.96. The van der Waals surface area contributed by atoms with Crippen molar-refractivity contribution in [2.75, 3.05) is 0 Å². The van der Waals surface area contributed by atoms with E-state index in [-0.39, 0.29) is 0 Å². The Morgan fingerprint density at radius 3 is 1.13 bits per heavy atom. The van der Waals surface area contributed by atoms with Gasteiger partial charge in [-0.1, -0.05) is 188 Å². The monoisotopic (exact) mass is 758 g/mol. The summed E-state index contributed by atoms with van der Waals surface area (Å²) in [5.41, 5.74) is 12.3. The van der Waals surface area contributed by atoms with Gasteiger partial charge in [-0.05, 0) is 163 Å². The molecule has 0 N–H and O–H groups in total. The van der Waals surface area contributed by atoms with Gasteiger partial charge in [-0.3, -0.25) is 0 Å². The molecule has 0 heteroatoms. The zero-order chi connectivity index (χ0) is 39.6. The number of hydrogen-bond donors (Lipinski definition) is 0. The normalized spacial score (nSPS) is 11.7. The van der Waals surface area contributed by atoms with E-state index in [1.807, 2.05) is 0 Å². The van der Waals surface area contributed by atoms with E-state index in [0.29, 0.717) is 0 Å². The predicted molar refractivity (Wildman–Crippen MR) is 259 cm³/mol. The van der Waals surface area contributed by atoms with Crippen LogP contribution in [0.3, 0.4) is 0 Å². The van der Waals surface area contributed by atoms with Crippen molar-refractivity contribution in [1.82, 2.24) is 0 Å². The van der Waals surface area contributed by atoms with Crippen molar-refractivity contribution in [1.29, 1.82) is 0 Å². The molecule has 0 bridgehead atoms. The molecule has 0 aromatic heterocycles. The Morgan fingerprint density at radius 2 is 0.550 bits per heavy atom. The first-order valence-corrected chi connectivity index (χ1v) is 20.8. The van der Waals surface area contributed by atoms with Crippen LogP contribution in [0.15, 0.2) is 231 Å². The van der Waals surface area contributed by atoms with Gasteiger partial charge >= 0.3 is 0 Å². The highest BCUT2D eigenvalue weighted by Crippen LogP contribution is 2.43. The summed E-state index contributed by atoms with van der Waals surface area (Å²) in [4.78, 5) is 0. The van der Waals surface area contributed by atoms with Crippen LogP contribution in [0.5, 0.6) is 0 Å². The first kappa shape index (κ1) is 34.3. The van der Waals surface area contributed by atoms with Crippen LogP contribution in [-0.2, 0) is 0 Å². The zero-order valence-corrected chi connectivity index (χ0v) is 32.9. The fraction of sp³-hybridized carbons (Fsp3) is 0. The summed E-state index contributed by atoms with van der Waals surface area (Å²) in [5.74, 6) is 0. The van der Waals surface area contributed by atoms with Gasteiger partial charge in [-0.25, -0.2) is 0 Å². The van der Waals surface area contributed by atoms with Gasteiger partial charge in [0.15, 0.2) is 0 Å². The van der Waals surface area contributed by atoms with Gasteiger partial charge in [0.05, 0.1) is 0 Å². The molecule has 60 heavy (non-hydrogen) atoms. The highest BCUT2D eigenvalue weighted by molar-refractivity contribution is 6.17. The molecule has 0 aliphatic heterocycles. The van der Waals surface area contributed by atoms with Gasteiger partial charge < -0.3 is 0 Å². The predicted octanol–water partition coefficient (Wildman–Crippen LogP) is 16.9. The third kappa shape index (κ3) is 5.76. The van der Waals surface area contributed by atoms with Crippen LogP contribution >= 0.6 is 0 Å². The van der Waals surface area contributed by atoms with Crippen molar-refractivity contribution in [3.63, 3.8) is 0 Å². The number of rotatable bonds is 5. The second-order valence-corrected chi connectivity index (χ2v) is 16.1. The molecule has 12 rings (SSSR count). The molecule has 0 aliphatic rings. The van der Waals surface area contributed by atoms with E-state index in [4.69, 9.17) is 0 Å². The Balaban J connectivity index is 1.06. The summed E-state index contributed by atoms with van der Waals surface area (Å²) in [7, 11) is 0. The SMILES string of the molecule is c1ccc(-c2cc3ccccc3cc2-c2ccc3c(c2)c(-c2ccc4ccccc4c2)cc2cc(-c4ccc(-c5ccc6ccccc6c5)c5ccccc45)ccc23)cc1. The van der Waals surface area contributed by atoms with Crippen LogP contribution in [0.2, 0.25) is 0 Å². The number of fused-ring (bicyclic) bond motifs is 7. The maximum absolute atomic E-state index is 2.43. The Labute approximate surface area is 349 Å². The lowest BCUT2D eigenvalue weighted by atomic mass is 9.86. The highest BCUT2D eigenvalue weighted by Gasteiger charge is 2.16. The first-order valence-electron chi connectivity index (χ1n) is 20.8. The van der Waals surface area contributed by atoms with Gasteiger partial charge in [0.2, 0.25) is 0 Å². The van der Waals surface area contributed by atoms with Gasteiger partial charge in [0, 0.05) is 0 Å². The zero-order valence-electron chi connectivity index (χ0n) is 32.9. The largest absolute Gasteiger partial charge is 0.0622 e. The van der Waals surface area contributed by atoms with E-state index in [1.54, 1.807) is 0 Å². The molecule has 0 radical (unpaired) electrons. The van der Waals surface area contributed by atoms with Gasteiger partial charge in [0.25, 0.3) is 0 Å². The Morgan fingerprint density at radius 1 is 0.150 bits per heavy atom. The molecule has 0 nitrogen and oxygen atoms in total. The van der Waals surface area contributed by atoms with Crippen molar-refractivity contribution in [2.24, 2.45) is 0 Å². The molecular weight excluding hydrogens is 721 g/mol. The molecule has 0 atom stereocenters. The summed E-state index contributed by atoms with van der Waals surface area (Å²) in [6.07, 6.45) is 0. The Hall–Kier alpha value is -7.80. The van der Waals surface area contributed by atoms with Crippen LogP contribution < -0.4 is 0 Å². The third-order valence-corrected chi connectivity index (χ3v) is 12.6. The molecule has 0 saturated carbocycles. The topological polar surface area (TPSA) is 0 Å². The maximum atomic E-state index is 2.43. The minimum absolute atomic E-state index is 1.21. The summed E-state index contributed by atoms with van der Waals surface area (Å²) in [5, 5.41) is 15.0. The van der Waals surface area contributed by atoms with E-state index in [0.717, 1.165) is 0 Å². The first-order chi connectivity index (χ1) is 29.7.